The van der Waals surface area contributed by atoms with Crippen molar-refractivity contribution in [3.05, 3.63) is 23.2 Å². The standard InChI is InChI=1S/C14H19FN2O/c1-2-10-7-11(9-16)14(13(15)8-10)17-12-3-5-18-6-4-12/h8,10,12,17H,2-7H2,1H3. The Kier molecular flexibility index (Phi) is 4.38. The molecule has 3 nitrogen and oxygen atoms in total. The zero-order valence-electron chi connectivity index (χ0n) is 10.7. The average Bonchev–Trinajstić information content (AvgIpc) is 2.42. The van der Waals surface area contributed by atoms with E-state index in [1.807, 2.05) is 6.92 Å². The molecule has 1 saturated heterocycles. The molecule has 0 saturated carbocycles. The van der Waals surface area contributed by atoms with Gasteiger partial charge in [0, 0.05) is 19.3 Å². The highest BCUT2D eigenvalue weighted by Crippen LogP contribution is 2.30. The lowest BCUT2D eigenvalue weighted by molar-refractivity contribution is 0.0802. The van der Waals surface area contributed by atoms with E-state index in [1.165, 1.54) is 0 Å². The summed E-state index contributed by atoms with van der Waals surface area (Å²) in [5.74, 6) is -0.115. The molecular weight excluding hydrogens is 231 g/mol. The van der Waals surface area contributed by atoms with E-state index in [0.29, 0.717) is 30.9 Å². The number of allylic oxidation sites excluding steroid dienone is 3. The molecule has 1 N–H and O–H groups in total. The SMILES string of the molecule is CCC1C=C(F)C(NC2CCOCC2)=C(C#N)C1. The van der Waals surface area contributed by atoms with Crippen LogP contribution in [0.2, 0.25) is 0 Å². The summed E-state index contributed by atoms with van der Waals surface area (Å²) in [5.41, 5.74) is 0.961. The quantitative estimate of drug-likeness (QED) is 0.837. The molecule has 4 heteroatoms. The highest BCUT2D eigenvalue weighted by Gasteiger charge is 2.24. The first-order chi connectivity index (χ1) is 8.74. The molecule has 1 atom stereocenters. The minimum Gasteiger partial charge on any atom is -0.381 e. The highest BCUT2D eigenvalue weighted by molar-refractivity contribution is 5.41. The number of rotatable bonds is 3. The maximum atomic E-state index is 14.0. The van der Waals surface area contributed by atoms with E-state index in [2.05, 4.69) is 11.4 Å². The molecular formula is C14H19FN2O. The van der Waals surface area contributed by atoms with Crippen molar-refractivity contribution in [3.63, 3.8) is 0 Å². The highest BCUT2D eigenvalue weighted by atomic mass is 19.1. The molecule has 1 aliphatic carbocycles. The van der Waals surface area contributed by atoms with Crippen LogP contribution in [0.1, 0.15) is 32.6 Å². The third-order valence-corrected chi connectivity index (χ3v) is 3.62. The summed E-state index contributed by atoms with van der Waals surface area (Å²) in [6, 6.07) is 2.36. The summed E-state index contributed by atoms with van der Waals surface area (Å²) in [5, 5.41) is 12.3. The van der Waals surface area contributed by atoms with E-state index < -0.39 is 0 Å². The van der Waals surface area contributed by atoms with Crippen molar-refractivity contribution in [2.24, 2.45) is 5.92 Å². The van der Waals surface area contributed by atoms with E-state index in [1.54, 1.807) is 6.08 Å². The fraction of sp³-hybridized carbons (Fsp3) is 0.643. The van der Waals surface area contributed by atoms with Crippen LogP contribution in [0.25, 0.3) is 0 Å². The molecule has 0 aromatic carbocycles. The van der Waals surface area contributed by atoms with Gasteiger partial charge in [0.25, 0.3) is 0 Å². The molecule has 1 heterocycles. The van der Waals surface area contributed by atoms with Crippen LogP contribution in [-0.2, 0) is 4.74 Å². The second-order valence-corrected chi connectivity index (χ2v) is 4.88. The predicted octanol–water partition coefficient (Wildman–Crippen LogP) is 2.82. The van der Waals surface area contributed by atoms with Crippen LogP contribution in [0, 0.1) is 17.2 Å². The van der Waals surface area contributed by atoms with E-state index in [4.69, 9.17) is 10.00 Å². The Labute approximate surface area is 107 Å². The maximum Gasteiger partial charge on any atom is 0.143 e. The maximum absolute atomic E-state index is 14.0. The van der Waals surface area contributed by atoms with Gasteiger partial charge in [-0.2, -0.15) is 5.26 Å². The number of halogens is 1. The van der Waals surface area contributed by atoms with Crippen LogP contribution < -0.4 is 5.32 Å². The summed E-state index contributed by atoms with van der Waals surface area (Å²) < 4.78 is 19.3. The molecule has 0 radical (unpaired) electrons. The smallest absolute Gasteiger partial charge is 0.143 e. The van der Waals surface area contributed by atoms with Gasteiger partial charge in [-0.15, -0.1) is 0 Å². The molecule has 98 valence electrons. The van der Waals surface area contributed by atoms with Crippen molar-refractivity contribution in [1.29, 1.82) is 5.26 Å². The summed E-state index contributed by atoms with van der Waals surface area (Å²) in [6.07, 6.45) is 4.89. The fourth-order valence-corrected chi connectivity index (χ4v) is 2.42. The van der Waals surface area contributed by atoms with E-state index >= 15 is 0 Å². The van der Waals surface area contributed by atoms with Gasteiger partial charge in [0.1, 0.15) is 5.83 Å². The molecule has 2 aliphatic rings. The van der Waals surface area contributed by atoms with Crippen LogP contribution in [0.5, 0.6) is 0 Å². The van der Waals surface area contributed by atoms with Gasteiger partial charge >= 0.3 is 0 Å². The lowest BCUT2D eigenvalue weighted by Gasteiger charge is -2.28. The molecule has 0 spiro atoms. The molecule has 0 aromatic heterocycles. The molecule has 0 aromatic rings. The minimum atomic E-state index is -0.267. The Morgan fingerprint density at radius 1 is 1.50 bits per heavy atom. The Morgan fingerprint density at radius 3 is 2.83 bits per heavy atom. The summed E-state index contributed by atoms with van der Waals surface area (Å²) >= 11 is 0. The van der Waals surface area contributed by atoms with Crippen LogP contribution >= 0.6 is 0 Å². The van der Waals surface area contributed by atoms with Gasteiger partial charge in [0.15, 0.2) is 0 Å². The van der Waals surface area contributed by atoms with Crippen molar-refractivity contribution in [1.82, 2.24) is 5.32 Å². The first kappa shape index (κ1) is 13.1. The fourth-order valence-electron chi connectivity index (χ4n) is 2.42. The van der Waals surface area contributed by atoms with Gasteiger partial charge in [-0.1, -0.05) is 6.92 Å². The van der Waals surface area contributed by atoms with Gasteiger partial charge in [0.2, 0.25) is 0 Å². The average molecular weight is 250 g/mol. The van der Waals surface area contributed by atoms with Crippen molar-refractivity contribution in [2.75, 3.05) is 13.2 Å². The predicted molar refractivity (Wildman–Crippen MR) is 67.2 cm³/mol. The number of nitrogens with zero attached hydrogens (tertiary/aromatic N) is 1. The second kappa shape index (κ2) is 6.01. The second-order valence-electron chi connectivity index (χ2n) is 4.88. The molecule has 0 bridgehead atoms. The van der Waals surface area contributed by atoms with Crippen molar-refractivity contribution in [3.8, 4) is 6.07 Å². The molecule has 18 heavy (non-hydrogen) atoms. The molecule has 1 unspecified atom stereocenters. The third-order valence-electron chi connectivity index (χ3n) is 3.62. The Bertz CT molecular complexity index is 403. The number of ether oxygens (including phenoxy) is 1. The normalized spacial score (nSPS) is 25.6. The topological polar surface area (TPSA) is 45.0 Å². The van der Waals surface area contributed by atoms with Gasteiger partial charge in [-0.3, -0.25) is 0 Å². The van der Waals surface area contributed by atoms with Gasteiger partial charge < -0.3 is 10.1 Å². The number of hydrogen-bond donors (Lipinski definition) is 1. The molecule has 1 fully saturated rings. The van der Waals surface area contributed by atoms with Gasteiger partial charge in [-0.25, -0.2) is 4.39 Å². The van der Waals surface area contributed by atoms with Crippen molar-refractivity contribution in [2.45, 2.75) is 38.6 Å². The van der Waals surface area contributed by atoms with E-state index in [-0.39, 0.29) is 17.8 Å². The first-order valence-corrected chi connectivity index (χ1v) is 6.59. The third kappa shape index (κ3) is 2.91. The number of nitriles is 1. The van der Waals surface area contributed by atoms with Crippen molar-refractivity contribution < 1.29 is 9.13 Å². The van der Waals surface area contributed by atoms with E-state index in [9.17, 15) is 4.39 Å². The van der Waals surface area contributed by atoms with Crippen LogP contribution in [0.4, 0.5) is 4.39 Å². The van der Waals surface area contributed by atoms with Crippen LogP contribution in [0.15, 0.2) is 23.2 Å². The van der Waals surface area contributed by atoms with Gasteiger partial charge in [-0.05, 0) is 37.7 Å². The lowest BCUT2D eigenvalue weighted by Crippen LogP contribution is -2.35. The Hall–Kier alpha value is -1.34. The van der Waals surface area contributed by atoms with Crippen LogP contribution in [0.3, 0.4) is 0 Å². The Balaban J connectivity index is 2.11. The summed E-state index contributed by atoms with van der Waals surface area (Å²) in [4.78, 5) is 0. The minimum absolute atomic E-state index is 0.153. The van der Waals surface area contributed by atoms with Crippen molar-refractivity contribution >= 4 is 0 Å². The summed E-state index contributed by atoms with van der Waals surface area (Å²) in [7, 11) is 0. The lowest BCUT2D eigenvalue weighted by atomic mass is 9.90. The molecule has 2 rings (SSSR count). The van der Waals surface area contributed by atoms with Crippen LogP contribution in [-0.4, -0.2) is 19.3 Å². The largest absolute Gasteiger partial charge is 0.381 e. The Morgan fingerprint density at radius 2 is 2.22 bits per heavy atom. The van der Waals surface area contributed by atoms with E-state index in [0.717, 1.165) is 19.3 Å². The number of hydrogen-bond acceptors (Lipinski definition) is 3. The number of nitrogens with one attached hydrogen (secondary N) is 1. The first-order valence-electron chi connectivity index (χ1n) is 6.59. The summed E-state index contributed by atoms with van der Waals surface area (Å²) in [6.45, 7) is 3.42. The monoisotopic (exact) mass is 250 g/mol. The van der Waals surface area contributed by atoms with Gasteiger partial charge in [0.05, 0.1) is 17.3 Å². The zero-order valence-corrected chi connectivity index (χ0v) is 10.7. The molecule has 0 amide bonds. The molecule has 1 aliphatic heterocycles. The zero-order chi connectivity index (χ0) is 13.0.